The fourth-order valence-electron chi connectivity index (χ4n) is 5.13. The number of benzene rings is 3. The molecule has 3 aromatic rings. The van der Waals surface area contributed by atoms with E-state index in [1.807, 2.05) is 54.6 Å². The predicted molar refractivity (Wildman–Crippen MR) is 141 cm³/mol. The number of phenols is 1. The molecule has 1 saturated carbocycles. The van der Waals surface area contributed by atoms with Gasteiger partial charge in [0, 0.05) is 23.6 Å². The number of aliphatic imine (C=N–C) groups is 1. The second-order valence-corrected chi connectivity index (χ2v) is 9.57. The second kappa shape index (κ2) is 10.8. The van der Waals surface area contributed by atoms with Crippen LogP contribution in [0.4, 0.5) is 5.69 Å². The van der Waals surface area contributed by atoms with Gasteiger partial charge in [-0.25, -0.2) is 0 Å². The number of para-hydroxylation sites is 1. The van der Waals surface area contributed by atoms with Crippen molar-refractivity contribution in [2.24, 2.45) is 4.99 Å². The quantitative estimate of drug-likeness (QED) is 0.538. The van der Waals surface area contributed by atoms with E-state index in [0.29, 0.717) is 12.1 Å². The van der Waals surface area contributed by atoms with Gasteiger partial charge in [-0.05, 0) is 36.6 Å². The van der Waals surface area contributed by atoms with E-state index in [-0.39, 0.29) is 30.2 Å². The van der Waals surface area contributed by atoms with Crippen molar-refractivity contribution in [3.05, 3.63) is 95.6 Å². The molecular weight excluding hydrogens is 450 g/mol. The minimum atomic E-state index is -0.709. The maximum atomic E-state index is 14.0. The highest BCUT2D eigenvalue weighted by Crippen LogP contribution is 2.30. The van der Waals surface area contributed by atoms with Crippen LogP contribution in [0, 0.1) is 0 Å². The lowest BCUT2D eigenvalue weighted by Crippen LogP contribution is -2.47. The number of hydrogen-bond donors (Lipinski definition) is 2. The van der Waals surface area contributed by atoms with Crippen LogP contribution in [0.2, 0.25) is 0 Å². The molecule has 2 aliphatic rings. The third-order valence-corrected chi connectivity index (χ3v) is 6.97. The number of benzodiazepines with no additional fused rings is 1. The molecule has 2 amide bonds. The molecule has 0 aromatic heterocycles. The lowest BCUT2D eigenvalue weighted by atomic mass is 9.95. The number of phenolic OH excluding ortho intramolecular Hbond substituents is 1. The summed E-state index contributed by atoms with van der Waals surface area (Å²) in [5.74, 6) is -0.176. The van der Waals surface area contributed by atoms with Gasteiger partial charge < -0.3 is 15.3 Å². The van der Waals surface area contributed by atoms with E-state index >= 15 is 0 Å². The summed E-state index contributed by atoms with van der Waals surface area (Å²) in [7, 11) is 0. The Morgan fingerprint density at radius 1 is 0.917 bits per heavy atom. The number of fused-ring (bicyclic) bond motifs is 1. The molecule has 1 heterocycles. The Balaban J connectivity index is 1.52. The van der Waals surface area contributed by atoms with Crippen molar-refractivity contribution < 1.29 is 14.7 Å². The maximum Gasteiger partial charge on any atom is 0.252 e. The van der Waals surface area contributed by atoms with Gasteiger partial charge in [-0.3, -0.25) is 14.6 Å². The number of amides is 2. The van der Waals surface area contributed by atoms with Crippen LogP contribution in [0.15, 0.2) is 83.9 Å². The number of aromatic hydroxyl groups is 1. The first kappa shape index (κ1) is 23.8. The molecule has 0 bridgehead atoms. The zero-order chi connectivity index (χ0) is 24.9. The summed E-state index contributed by atoms with van der Waals surface area (Å²) in [5.41, 5.74) is 4.06. The lowest BCUT2D eigenvalue weighted by molar-refractivity contribution is -0.124. The number of nitrogens with one attached hydrogen (secondary N) is 1. The summed E-state index contributed by atoms with van der Waals surface area (Å²) >= 11 is 0. The predicted octanol–water partition coefficient (Wildman–Crippen LogP) is 4.64. The van der Waals surface area contributed by atoms with Crippen LogP contribution >= 0.6 is 0 Å². The van der Waals surface area contributed by atoms with Crippen LogP contribution in [-0.2, 0) is 16.0 Å². The Morgan fingerprint density at radius 2 is 1.61 bits per heavy atom. The van der Waals surface area contributed by atoms with Gasteiger partial charge in [-0.15, -0.1) is 0 Å². The van der Waals surface area contributed by atoms with Crippen molar-refractivity contribution in [3.8, 4) is 5.75 Å². The zero-order valence-corrected chi connectivity index (χ0v) is 20.3. The molecule has 3 aromatic carbocycles. The van der Waals surface area contributed by atoms with Crippen molar-refractivity contribution in [1.82, 2.24) is 5.32 Å². The third kappa shape index (κ3) is 5.33. The first-order valence-electron chi connectivity index (χ1n) is 12.7. The van der Waals surface area contributed by atoms with E-state index in [4.69, 9.17) is 4.99 Å². The van der Waals surface area contributed by atoms with Gasteiger partial charge in [0.25, 0.3) is 5.91 Å². The third-order valence-electron chi connectivity index (χ3n) is 6.97. The van der Waals surface area contributed by atoms with E-state index in [9.17, 15) is 14.7 Å². The van der Waals surface area contributed by atoms with Gasteiger partial charge in [-0.2, -0.15) is 0 Å². The summed E-state index contributed by atoms with van der Waals surface area (Å²) < 4.78 is 0. The SMILES string of the molecule is O=C(CN1C(=O)[C@H](Cc2ccc(O)cc2)N=C(c2ccccc2)c2ccccc21)NC1CCCCC1. The molecule has 2 N–H and O–H groups in total. The van der Waals surface area contributed by atoms with Crippen LogP contribution in [0.1, 0.15) is 48.8 Å². The Kier molecular flexibility index (Phi) is 7.12. The molecule has 0 unspecified atom stereocenters. The molecule has 1 aliphatic heterocycles. The molecule has 5 rings (SSSR count). The van der Waals surface area contributed by atoms with E-state index in [1.54, 1.807) is 29.2 Å². The van der Waals surface area contributed by atoms with E-state index in [2.05, 4.69) is 5.32 Å². The van der Waals surface area contributed by atoms with Gasteiger partial charge in [0.15, 0.2) is 0 Å². The Morgan fingerprint density at radius 3 is 2.36 bits per heavy atom. The molecule has 0 radical (unpaired) electrons. The standard InChI is InChI=1S/C30H31N3O3/c34-24-17-15-21(16-18-24)19-26-30(36)33(20-28(35)31-23-11-5-2-6-12-23)27-14-8-7-13-25(27)29(32-26)22-9-3-1-4-10-22/h1,3-4,7-10,13-18,23,26,34H,2,5-6,11-12,19-20H2,(H,31,35)/t26-/m0/s1. The zero-order valence-electron chi connectivity index (χ0n) is 20.3. The van der Waals surface area contributed by atoms with Gasteiger partial charge in [0.05, 0.1) is 11.4 Å². The molecule has 1 atom stereocenters. The Labute approximate surface area is 211 Å². The van der Waals surface area contributed by atoms with E-state index in [0.717, 1.165) is 48.1 Å². The molecule has 1 aliphatic carbocycles. The molecule has 6 nitrogen and oxygen atoms in total. The maximum absolute atomic E-state index is 14.0. The monoisotopic (exact) mass is 481 g/mol. The van der Waals surface area contributed by atoms with Crippen LogP contribution in [0.5, 0.6) is 5.75 Å². The molecule has 0 spiro atoms. The van der Waals surface area contributed by atoms with E-state index in [1.165, 1.54) is 6.42 Å². The largest absolute Gasteiger partial charge is 0.508 e. The fraction of sp³-hybridized carbons (Fsp3) is 0.300. The van der Waals surface area contributed by atoms with Crippen molar-refractivity contribution >= 4 is 23.2 Å². The minimum Gasteiger partial charge on any atom is -0.508 e. The summed E-state index contributed by atoms with van der Waals surface area (Å²) in [5, 5.41) is 12.9. The molecular formula is C30H31N3O3. The number of nitrogens with zero attached hydrogens (tertiary/aromatic N) is 2. The summed E-state index contributed by atoms with van der Waals surface area (Å²) in [6.07, 6.45) is 5.80. The molecule has 184 valence electrons. The minimum absolute atomic E-state index is 0.0456. The van der Waals surface area contributed by atoms with Crippen LogP contribution in [0.3, 0.4) is 0 Å². The Hall–Kier alpha value is -3.93. The van der Waals surface area contributed by atoms with Crippen LogP contribution in [-0.4, -0.2) is 41.3 Å². The highest BCUT2D eigenvalue weighted by Gasteiger charge is 2.33. The van der Waals surface area contributed by atoms with Crippen LogP contribution < -0.4 is 10.2 Å². The molecule has 6 heteroatoms. The van der Waals surface area contributed by atoms with Gasteiger partial charge >= 0.3 is 0 Å². The lowest BCUT2D eigenvalue weighted by Gasteiger charge is -2.27. The van der Waals surface area contributed by atoms with Gasteiger partial charge in [-0.1, -0.05) is 79.9 Å². The number of hydrogen-bond acceptors (Lipinski definition) is 4. The van der Waals surface area contributed by atoms with Crippen molar-refractivity contribution in [2.75, 3.05) is 11.4 Å². The highest BCUT2D eigenvalue weighted by molar-refractivity contribution is 6.20. The topological polar surface area (TPSA) is 82.0 Å². The highest BCUT2D eigenvalue weighted by atomic mass is 16.3. The Bertz CT molecular complexity index is 1250. The van der Waals surface area contributed by atoms with Crippen molar-refractivity contribution in [2.45, 2.75) is 50.6 Å². The average Bonchev–Trinajstić information content (AvgIpc) is 3.02. The molecule has 0 saturated heterocycles. The van der Waals surface area contributed by atoms with E-state index < -0.39 is 6.04 Å². The summed E-state index contributed by atoms with van der Waals surface area (Å²) in [6.45, 7) is -0.0456. The first-order chi connectivity index (χ1) is 17.6. The van der Waals surface area contributed by atoms with Gasteiger partial charge in [0.1, 0.15) is 18.3 Å². The van der Waals surface area contributed by atoms with Crippen molar-refractivity contribution in [1.29, 1.82) is 0 Å². The molecule has 1 fully saturated rings. The number of carbonyl (C=O) groups excluding carboxylic acids is 2. The van der Waals surface area contributed by atoms with Crippen molar-refractivity contribution in [3.63, 3.8) is 0 Å². The first-order valence-corrected chi connectivity index (χ1v) is 12.7. The van der Waals surface area contributed by atoms with Crippen LogP contribution in [0.25, 0.3) is 0 Å². The molecule has 36 heavy (non-hydrogen) atoms. The summed E-state index contributed by atoms with van der Waals surface area (Å²) in [4.78, 5) is 33.7. The normalized spacial score (nSPS) is 18.2. The number of rotatable bonds is 6. The smallest absolute Gasteiger partial charge is 0.252 e. The average molecular weight is 482 g/mol. The number of anilines is 1. The summed E-state index contributed by atoms with van der Waals surface area (Å²) in [6, 6.07) is 23.8. The second-order valence-electron chi connectivity index (χ2n) is 9.57. The van der Waals surface area contributed by atoms with Gasteiger partial charge in [0.2, 0.25) is 5.91 Å². The fourth-order valence-corrected chi connectivity index (χ4v) is 5.13. The number of carbonyl (C=O) groups is 2.